The first-order valence-corrected chi connectivity index (χ1v) is 12.6. The Morgan fingerprint density at radius 1 is 0.935 bits per heavy atom. The van der Waals surface area contributed by atoms with Gasteiger partial charge in [0.05, 0.1) is 4.90 Å². The number of sulfonamides is 1. The predicted molar refractivity (Wildman–Crippen MR) is 123 cm³/mol. The van der Waals surface area contributed by atoms with Gasteiger partial charge in [0.15, 0.2) is 0 Å². The number of rotatable bonds is 7. The molecule has 2 fully saturated rings. The molecule has 0 bridgehead atoms. The van der Waals surface area contributed by atoms with Crippen molar-refractivity contribution >= 4 is 21.6 Å². The zero-order valence-corrected chi connectivity index (χ0v) is 18.7. The third-order valence-electron chi connectivity index (χ3n) is 6.17. The smallest absolute Gasteiger partial charge is 0.243 e. The molecule has 166 valence electrons. The van der Waals surface area contributed by atoms with Crippen molar-refractivity contribution in [2.75, 3.05) is 31.1 Å². The van der Waals surface area contributed by atoms with Gasteiger partial charge in [-0.05, 0) is 61.9 Å². The van der Waals surface area contributed by atoms with E-state index in [1.165, 1.54) is 5.56 Å². The molecule has 0 spiro atoms. The van der Waals surface area contributed by atoms with Crippen LogP contribution < -0.4 is 10.2 Å². The summed E-state index contributed by atoms with van der Waals surface area (Å²) in [5.41, 5.74) is 2.18. The van der Waals surface area contributed by atoms with Gasteiger partial charge >= 0.3 is 0 Å². The fourth-order valence-electron chi connectivity index (χ4n) is 4.44. The van der Waals surface area contributed by atoms with Crippen LogP contribution in [0.1, 0.15) is 37.7 Å². The molecule has 1 atom stereocenters. The molecular formula is C24H31N3O3S. The molecule has 6 nitrogen and oxygen atoms in total. The zero-order chi connectivity index (χ0) is 21.7. The number of nitrogens with zero attached hydrogens (tertiary/aromatic N) is 2. The van der Waals surface area contributed by atoms with Crippen LogP contribution in [0, 0.1) is 0 Å². The first-order valence-electron chi connectivity index (χ1n) is 11.2. The van der Waals surface area contributed by atoms with Crippen molar-refractivity contribution in [2.24, 2.45) is 0 Å². The highest BCUT2D eigenvalue weighted by atomic mass is 32.2. The van der Waals surface area contributed by atoms with Crippen LogP contribution in [0.3, 0.4) is 0 Å². The largest absolute Gasteiger partial charge is 0.369 e. The third kappa shape index (κ3) is 5.46. The molecule has 1 unspecified atom stereocenters. The lowest BCUT2D eigenvalue weighted by molar-refractivity contribution is -0.121. The van der Waals surface area contributed by atoms with Gasteiger partial charge in [-0.2, -0.15) is 4.31 Å². The standard InChI is InChI=1S/C24H31N3O3S/c28-24(15-10-20-7-2-1-3-8-20)25-21-9-6-16-26(19-21)22-11-13-23(14-12-22)31(29,30)27-17-4-5-18-27/h1-3,7-8,11-14,21H,4-6,9-10,15-19H2,(H,25,28). The molecule has 2 aromatic rings. The summed E-state index contributed by atoms with van der Waals surface area (Å²) in [6.07, 6.45) is 5.07. The summed E-state index contributed by atoms with van der Waals surface area (Å²) in [5.74, 6) is 0.0859. The molecule has 0 aromatic heterocycles. The fraction of sp³-hybridized carbons (Fsp3) is 0.458. The number of piperidine rings is 1. The van der Waals surface area contributed by atoms with Gasteiger partial charge in [0.2, 0.25) is 15.9 Å². The highest BCUT2D eigenvalue weighted by molar-refractivity contribution is 7.89. The monoisotopic (exact) mass is 441 g/mol. The Balaban J connectivity index is 1.32. The van der Waals surface area contributed by atoms with Crippen LogP contribution in [-0.2, 0) is 21.2 Å². The Hall–Kier alpha value is -2.38. The van der Waals surface area contributed by atoms with Crippen molar-refractivity contribution in [1.29, 1.82) is 0 Å². The summed E-state index contributed by atoms with van der Waals surface area (Å²) in [5, 5.41) is 3.18. The first kappa shape index (κ1) is 21.8. The van der Waals surface area contributed by atoms with Gasteiger partial charge in [-0.3, -0.25) is 4.79 Å². The summed E-state index contributed by atoms with van der Waals surface area (Å²) in [7, 11) is -3.38. The molecule has 7 heteroatoms. The normalized spacial score (nSPS) is 20.0. The Morgan fingerprint density at radius 3 is 2.35 bits per heavy atom. The van der Waals surface area contributed by atoms with Crippen LogP contribution >= 0.6 is 0 Å². The average molecular weight is 442 g/mol. The van der Waals surface area contributed by atoms with Crippen LogP contribution in [0.5, 0.6) is 0 Å². The number of carbonyl (C=O) groups is 1. The molecular weight excluding hydrogens is 410 g/mol. The minimum Gasteiger partial charge on any atom is -0.369 e. The maximum absolute atomic E-state index is 12.7. The number of anilines is 1. The van der Waals surface area contributed by atoms with E-state index in [1.807, 2.05) is 42.5 Å². The van der Waals surface area contributed by atoms with Gasteiger partial charge in [0.25, 0.3) is 0 Å². The summed E-state index contributed by atoms with van der Waals surface area (Å²) in [4.78, 5) is 15.0. The maximum Gasteiger partial charge on any atom is 0.243 e. The van der Waals surface area contributed by atoms with E-state index in [9.17, 15) is 13.2 Å². The first-order chi connectivity index (χ1) is 15.0. The van der Waals surface area contributed by atoms with E-state index in [0.29, 0.717) is 24.4 Å². The van der Waals surface area contributed by atoms with E-state index in [1.54, 1.807) is 16.4 Å². The quantitative estimate of drug-likeness (QED) is 0.717. The third-order valence-corrected chi connectivity index (χ3v) is 8.09. The van der Waals surface area contributed by atoms with Gasteiger partial charge in [0, 0.05) is 44.3 Å². The second-order valence-electron chi connectivity index (χ2n) is 8.44. The lowest BCUT2D eigenvalue weighted by Crippen LogP contribution is -2.47. The van der Waals surface area contributed by atoms with Crippen molar-refractivity contribution in [1.82, 2.24) is 9.62 Å². The van der Waals surface area contributed by atoms with E-state index < -0.39 is 10.0 Å². The lowest BCUT2D eigenvalue weighted by Gasteiger charge is -2.35. The minimum absolute atomic E-state index is 0.0859. The summed E-state index contributed by atoms with van der Waals surface area (Å²) in [6, 6.07) is 17.4. The summed E-state index contributed by atoms with van der Waals surface area (Å²) >= 11 is 0. The maximum atomic E-state index is 12.7. The minimum atomic E-state index is -3.38. The van der Waals surface area contributed by atoms with Crippen LogP contribution in [0.15, 0.2) is 59.5 Å². The number of aryl methyl sites for hydroxylation is 1. The molecule has 0 aliphatic carbocycles. The molecule has 2 saturated heterocycles. The highest BCUT2D eigenvalue weighted by Gasteiger charge is 2.27. The van der Waals surface area contributed by atoms with Crippen molar-refractivity contribution in [2.45, 2.75) is 49.5 Å². The molecule has 0 saturated carbocycles. The van der Waals surface area contributed by atoms with Crippen molar-refractivity contribution < 1.29 is 13.2 Å². The molecule has 1 N–H and O–H groups in total. The fourth-order valence-corrected chi connectivity index (χ4v) is 5.96. The van der Waals surface area contributed by atoms with E-state index in [-0.39, 0.29) is 11.9 Å². The summed E-state index contributed by atoms with van der Waals surface area (Å²) < 4.78 is 27.0. The molecule has 2 aliphatic heterocycles. The Morgan fingerprint density at radius 2 is 1.65 bits per heavy atom. The Labute approximate surface area is 185 Å². The van der Waals surface area contributed by atoms with E-state index in [0.717, 1.165) is 50.9 Å². The van der Waals surface area contributed by atoms with Crippen molar-refractivity contribution in [3.8, 4) is 0 Å². The van der Waals surface area contributed by atoms with E-state index >= 15 is 0 Å². The lowest BCUT2D eigenvalue weighted by atomic mass is 10.0. The van der Waals surface area contributed by atoms with E-state index in [2.05, 4.69) is 10.2 Å². The number of hydrogen-bond donors (Lipinski definition) is 1. The van der Waals surface area contributed by atoms with Crippen LogP contribution in [0.2, 0.25) is 0 Å². The molecule has 2 aliphatic rings. The number of benzene rings is 2. The van der Waals surface area contributed by atoms with Crippen LogP contribution in [0.25, 0.3) is 0 Å². The molecule has 2 aromatic carbocycles. The van der Waals surface area contributed by atoms with Crippen LogP contribution in [-0.4, -0.2) is 50.9 Å². The van der Waals surface area contributed by atoms with Crippen LogP contribution in [0.4, 0.5) is 5.69 Å². The number of carbonyl (C=O) groups excluding carboxylic acids is 1. The van der Waals surface area contributed by atoms with Gasteiger partial charge < -0.3 is 10.2 Å². The second-order valence-corrected chi connectivity index (χ2v) is 10.4. The number of amides is 1. The average Bonchev–Trinajstić information content (AvgIpc) is 3.35. The highest BCUT2D eigenvalue weighted by Crippen LogP contribution is 2.25. The van der Waals surface area contributed by atoms with Gasteiger partial charge in [0.1, 0.15) is 0 Å². The molecule has 4 rings (SSSR count). The molecule has 1 amide bonds. The Kier molecular flexibility index (Phi) is 6.92. The SMILES string of the molecule is O=C(CCc1ccccc1)NC1CCCN(c2ccc(S(=O)(=O)N3CCCC3)cc2)C1. The Bertz CT molecular complexity index is 971. The van der Waals surface area contributed by atoms with E-state index in [4.69, 9.17) is 0 Å². The predicted octanol–water partition coefficient (Wildman–Crippen LogP) is 3.19. The molecule has 2 heterocycles. The zero-order valence-electron chi connectivity index (χ0n) is 17.9. The number of nitrogens with one attached hydrogen (secondary N) is 1. The van der Waals surface area contributed by atoms with Crippen molar-refractivity contribution in [3.63, 3.8) is 0 Å². The van der Waals surface area contributed by atoms with Gasteiger partial charge in [-0.25, -0.2) is 8.42 Å². The van der Waals surface area contributed by atoms with Crippen molar-refractivity contribution in [3.05, 3.63) is 60.2 Å². The van der Waals surface area contributed by atoms with Gasteiger partial charge in [-0.15, -0.1) is 0 Å². The molecule has 0 radical (unpaired) electrons. The summed E-state index contributed by atoms with van der Waals surface area (Å²) in [6.45, 7) is 2.88. The second kappa shape index (κ2) is 9.83. The topological polar surface area (TPSA) is 69.7 Å². The van der Waals surface area contributed by atoms with Gasteiger partial charge in [-0.1, -0.05) is 30.3 Å². The molecule has 31 heavy (non-hydrogen) atoms. The number of hydrogen-bond acceptors (Lipinski definition) is 4.